The molecule has 1 fully saturated rings. The summed E-state index contributed by atoms with van der Waals surface area (Å²) in [7, 11) is 0. The number of hydrogen-bond acceptors (Lipinski definition) is 1. The maximum atomic E-state index is 13.1. The van der Waals surface area contributed by atoms with Gasteiger partial charge >= 0.3 is 0 Å². The summed E-state index contributed by atoms with van der Waals surface area (Å²) in [6.45, 7) is 1.08. The third-order valence-corrected chi connectivity index (χ3v) is 7.42. The SMILES string of the molecule is Fc1ccc(CSc2cc3ccccc3[n+](CCCCCC3CCCCC3)c2)cc1.[I-]. The molecular formula is C27H33FINS. The van der Waals surface area contributed by atoms with E-state index < -0.39 is 0 Å². The minimum Gasteiger partial charge on any atom is -1.00 e. The zero-order chi connectivity index (χ0) is 20.6. The Balaban J connectivity index is 0.00000272. The van der Waals surface area contributed by atoms with Crippen molar-refractivity contribution in [2.24, 2.45) is 5.92 Å². The summed E-state index contributed by atoms with van der Waals surface area (Å²) < 4.78 is 15.6. The monoisotopic (exact) mass is 549 g/mol. The van der Waals surface area contributed by atoms with Gasteiger partial charge in [-0.3, -0.25) is 0 Å². The van der Waals surface area contributed by atoms with Crippen LogP contribution in [0.2, 0.25) is 0 Å². The van der Waals surface area contributed by atoms with Gasteiger partial charge in [0.15, 0.2) is 6.20 Å². The van der Waals surface area contributed by atoms with Gasteiger partial charge in [-0.25, -0.2) is 4.39 Å². The molecule has 0 aliphatic heterocycles. The Kier molecular flexibility index (Phi) is 10.1. The van der Waals surface area contributed by atoms with Crippen molar-refractivity contribution < 1.29 is 32.9 Å². The number of nitrogens with zero attached hydrogens (tertiary/aromatic N) is 1. The summed E-state index contributed by atoms with van der Waals surface area (Å²) in [6.07, 6.45) is 15.0. The molecule has 0 spiro atoms. The zero-order valence-corrected chi connectivity index (χ0v) is 21.2. The molecule has 4 rings (SSSR count). The molecule has 1 heterocycles. The second-order valence-corrected chi connectivity index (χ2v) is 9.75. The standard InChI is InChI=1S/C27H33FNS.HI/c28-25-16-14-23(15-17-25)21-30-26-19-24-12-6-7-13-27(24)29(20-26)18-8-2-5-11-22-9-3-1-4-10-22;/h6-7,12-17,19-20,22H,1-5,8-11,18,21H2;1H/q+1;/p-1. The van der Waals surface area contributed by atoms with Crippen molar-refractivity contribution in [1.82, 2.24) is 0 Å². The highest BCUT2D eigenvalue weighted by Crippen LogP contribution is 2.28. The summed E-state index contributed by atoms with van der Waals surface area (Å²) >= 11 is 1.83. The number of rotatable bonds is 9. The minimum absolute atomic E-state index is 0. The lowest BCUT2D eigenvalue weighted by Gasteiger charge is -2.21. The Bertz CT molecular complexity index is 938. The quantitative estimate of drug-likeness (QED) is 0.162. The van der Waals surface area contributed by atoms with E-state index >= 15 is 0 Å². The molecule has 1 nitrogen and oxygen atoms in total. The Morgan fingerprint density at radius 3 is 2.48 bits per heavy atom. The van der Waals surface area contributed by atoms with E-state index in [4.69, 9.17) is 0 Å². The molecule has 1 aliphatic carbocycles. The second-order valence-electron chi connectivity index (χ2n) is 8.70. The van der Waals surface area contributed by atoms with Gasteiger partial charge in [-0.1, -0.05) is 69.2 Å². The molecule has 0 atom stereocenters. The number of pyridine rings is 1. The van der Waals surface area contributed by atoms with E-state index in [9.17, 15) is 4.39 Å². The van der Waals surface area contributed by atoms with E-state index in [-0.39, 0.29) is 29.8 Å². The Morgan fingerprint density at radius 1 is 0.903 bits per heavy atom. The third-order valence-electron chi connectivity index (χ3n) is 6.38. The average molecular weight is 550 g/mol. The number of aryl methyl sites for hydroxylation is 1. The first-order valence-corrected chi connectivity index (χ1v) is 12.6. The fraction of sp³-hybridized carbons (Fsp3) is 0.444. The van der Waals surface area contributed by atoms with Gasteiger partial charge in [-0.15, -0.1) is 11.8 Å². The van der Waals surface area contributed by atoms with E-state index in [1.807, 2.05) is 23.9 Å². The van der Waals surface area contributed by atoms with Crippen molar-refractivity contribution in [2.45, 2.75) is 75.0 Å². The van der Waals surface area contributed by atoms with Gasteiger partial charge in [0, 0.05) is 23.6 Å². The predicted octanol–water partition coefficient (Wildman–Crippen LogP) is 4.70. The lowest BCUT2D eigenvalue weighted by atomic mass is 9.85. The molecule has 4 heteroatoms. The van der Waals surface area contributed by atoms with Crippen LogP contribution in [-0.2, 0) is 12.3 Å². The van der Waals surface area contributed by atoms with Crippen LogP contribution in [-0.4, -0.2) is 0 Å². The largest absolute Gasteiger partial charge is 1.00 e. The lowest BCUT2D eigenvalue weighted by molar-refractivity contribution is -0.673. The second kappa shape index (κ2) is 12.8. The maximum Gasteiger partial charge on any atom is 0.212 e. The van der Waals surface area contributed by atoms with E-state index in [0.29, 0.717) is 0 Å². The van der Waals surface area contributed by atoms with Crippen molar-refractivity contribution >= 4 is 22.7 Å². The van der Waals surface area contributed by atoms with Gasteiger partial charge in [-0.05, 0) is 42.2 Å². The number of aromatic nitrogens is 1. The number of thioether (sulfide) groups is 1. The van der Waals surface area contributed by atoms with Crippen LogP contribution in [0.4, 0.5) is 4.39 Å². The first-order valence-electron chi connectivity index (χ1n) is 11.6. The van der Waals surface area contributed by atoms with Gasteiger partial charge in [0.2, 0.25) is 5.52 Å². The van der Waals surface area contributed by atoms with E-state index in [2.05, 4.69) is 41.1 Å². The van der Waals surface area contributed by atoms with E-state index in [0.717, 1.165) is 23.8 Å². The molecular weight excluding hydrogens is 516 g/mol. The first kappa shape index (κ1) is 24.5. The number of benzene rings is 2. The number of fused-ring (bicyclic) bond motifs is 1. The number of para-hydroxylation sites is 1. The smallest absolute Gasteiger partial charge is 0.212 e. The average Bonchev–Trinajstić information content (AvgIpc) is 2.79. The molecule has 2 aromatic carbocycles. The fourth-order valence-electron chi connectivity index (χ4n) is 4.66. The maximum absolute atomic E-state index is 13.1. The van der Waals surface area contributed by atoms with Crippen LogP contribution in [0.3, 0.4) is 0 Å². The number of unbranched alkanes of at least 4 members (excludes halogenated alkanes) is 2. The van der Waals surface area contributed by atoms with E-state index in [1.165, 1.54) is 73.6 Å². The topological polar surface area (TPSA) is 3.88 Å². The fourth-order valence-corrected chi connectivity index (χ4v) is 5.60. The van der Waals surface area contributed by atoms with Gasteiger partial charge in [0.1, 0.15) is 12.4 Å². The Morgan fingerprint density at radius 2 is 1.68 bits per heavy atom. The molecule has 31 heavy (non-hydrogen) atoms. The number of halogens is 2. The van der Waals surface area contributed by atoms with Crippen molar-refractivity contribution in [3.05, 3.63) is 72.2 Å². The predicted molar refractivity (Wildman–Crippen MR) is 125 cm³/mol. The summed E-state index contributed by atoms with van der Waals surface area (Å²) in [5.74, 6) is 1.69. The van der Waals surface area contributed by atoms with Crippen LogP contribution in [0, 0.1) is 11.7 Å². The normalized spacial score (nSPS) is 14.5. The molecule has 1 saturated carbocycles. The Labute approximate surface area is 207 Å². The molecule has 3 aromatic rings. The van der Waals surface area contributed by atoms with Crippen molar-refractivity contribution in [1.29, 1.82) is 0 Å². The summed E-state index contributed by atoms with van der Waals surface area (Å²) in [4.78, 5) is 1.28. The van der Waals surface area contributed by atoms with Gasteiger partial charge in [-0.2, -0.15) is 4.57 Å². The molecule has 0 N–H and O–H groups in total. The van der Waals surface area contributed by atoms with Gasteiger partial charge < -0.3 is 24.0 Å². The van der Waals surface area contributed by atoms with Crippen molar-refractivity contribution in [3.8, 4) is 0 Å². The molecule has 166 valence electrons. The first-order chi connectivity index (χ1) is 14.8. The van der Waals surface area contributed by atoms with Crippen LogP contribution in [0.15, 0.2) is 65.7 Å². The van der Waals surface area contributed by atoms with Gasteiger partial charge in [0.25, 0.3) is 0 Å². The molecule has 0 unspecified atom stereocenters. The Hall–Kier alpha value is -1.14. The molecule has 0 radical (unpaired) electrons. The van der Waals surface area contributed by atoms with Gasteiger partial charge in [0.05, 0.1) is 4.90 Å². The summed E-state index contributed by atoms with van der Waals surface area (Å²) in [5.41, 5.74) is 2.47. The molecule has 1 aliphatic rings. The van der Waals surface area contributed by atoms with Crippen LogP contribution in [0.5, 0.6) is 0 Å². The highest BCUT2D eigenvalue weighted by Gasteiger charge is 2.14. The molecule has 1 aromatic heterocycles. The number of hydrogen-bond donors (Lipinski definition) is 0. The highest BCUT2D eigenvalue weighted by molar-refractivity contribution is 7.98. The van der Waals surface area contributed by atoms with Crippen LogP contribution >= 0.6 is 11.8 Å². The molecule has 0 bridgehead atoms. The van der Waals surface area contributed by atoms with Crippen molar-refractivity contribution in [2.75, 3.05) is 0 Å². The van der Waals surface area contributed by atoms with Crippen LogP contribution in [0.1, 0.15) is 63.4 Å². The summed E-state index contributed by atoms with van der Waals surface area (Å²) in [6, 6.07) is 17.8. The van der Waals surface area contributed by atoms with Crippen LogP contribution in [0.25, 0.3) is 10.9 Å². The summed E-state index contributed by atoms with van der Waals surface area (Å²) in [5, 5.41) is 1.30. The van der Waals surface area contributed by atoms with E-state index in [1.54, 1.807) is 12.1 Å². The van der Waals surface area contributed by atoms with Crippen LogP contribution < -0.4 is 28.5 Å². The minimum atomic E-state index is -0.171. The molecule has 0 amide bonds. The lowest BCUT2D eigenvalue weighted by Crippen LogP contribution is -3.00. The highest BCUT2D eigenvalue weighted by atomic mass is 127. The molecule has 0 saturated heterocycles. The zero-order valence-electron chi connectivity index (χ0n) is 18.2. The van der Waals surface area contributed by atoms with Crippen molar-refractivity contribution in [3.63, 3.8) is 0 Å². The third kappa shape index (κ3) is 7.45.